The van der Waals surface area contributed by atoms with E-state index in [9.17, 15) is 14.9 Å². The van der Waals surface area contributed by atoms with E-state index in [2.05, 4.69) is 4.99 Å². The summed E-state index contributed by atoms with van der Waals surface area (Å²) in [6.45, 7) is 1.49. The van der Waals surface area contributed by atoms with Crippen molar-refractivity contribution in [1.82, 2.24) is 0 Å². The van der Waals surface area contributed by atoms with Gasteiger partial charge in [-0.05, 0) is 13.0 Å². The van der Waals surface area contributed by atoms with Crippen LogP contribution in [0.3, 0.4) is 0 Å². The van der Waals surface area contributed by atoms with Crippen LogP contribution < -0.4 is 0 Å². The van der Waals surface area contributed by atoms with Crippen LogP contribution in [0, 0.1) is 17.0 Å². The molecule has 1 aromatic carbocycles. The molecular formula is C8H5ClN2O3. The first-order valence-corrected chi connectivity index (χ1v) is 3.96. The zero-order valence-electron chi connectivity index (χ0n) is 7.15. The Kier molecular flexibility index (Phi) is 2.96. The van der Waals surface area contributed by atoms with Crippen molar-refractivity contribution in [2.24, 2.45) is 4.99 Å². The molecule has 1 rings (SSSR count). The molecule has 0 spiro atoms. The fourth-order valence-electron chi connectivity index (χ4n) is 1.01. The number of benzene rings is 1. The van der Waals surface area contributed by atoms with Gasteiger partial charge in [-0.2, -0.15) is 4.99 Å². The molecule has 1 aromatic rings. The Hall–Kier alpha value is -1.71. The summed E-state index contributed by atoms with van der Waals surface area (Å²) in [6.07, 6.45) is 1.31. The van der Waals surface area contributed by atoms with Crippen molar-refractivity contribution in [3.8, 4) is 0 Å². The van der Waals surface area contributed by atoms with E-state index >= 15 is 0 Å². The maximum Gasteiger partial charge on any atom is 0.275 e. The number of rotatable bonds is 2. The van der Waals surface area contributed by atoms with Crippen molar-refractivity contribution in [1.29, 1.82) is 0 Å². The third kappa shape index (κ3) is 1.96. The third-order valence-corrected chi connectivity index (χ3v) is 1.90. The van der Waals surface area contributed by atoms with E-state index in [1.807, 2.05) is 0 Å². The van der Waals surface area contributed by atoms with Gasteiger partial charge < -0.3 is 0 Å². The van der Waals surface area contributed by atoms with Gasteiger partial charge in [-0.15, -0.1) is 0 Å². The average molecular weight is 213 g/mol. The lowest BCUT2D eigenvalue weighted by molar-refractivity contribution is -0.385. The molecule has 0 atom stereocenters. The van der Waals surface area contributed by atoms with Crippen LogP contribution in [0.25, 0.3) is 0 Å². The monoisotopic (exact) mass is 212 g/mol. The van der Waals surface area contributed by atoms with Crippen LogP contribution in [0.1, 0.15) is 5.56 Å². The summed E-state index contributed by atoms with van der Waals surface area (Å²) in [5.74, 6) is 0. The molecule has 0 heterocycles. The minimum Gasteiger partial charge on any atom is -0.258 e. The maximum atomic E-state index is 10.5. The SMILES string of the molecule is Cc1c(N=C=O)cc(Cl)cc1[N+](=O)[O-]. The first-order valence-electron chi connectivity index (χ1n) is 3.58. The zero-order valence-corrected chi connectivity index (χ0v) is 7.91. The van der Waals surface area contributed by atoms with E-state index in [-0.39, 0.29) is 16.4 Å². The summed E-state index contributed by atoms with van der Waals surface area (Å²) in [4.78, 5) is 23.3. The average Bonchev–Trinajstić information content (AvgIpc) is 2.10. The summed E-state index contributed by atoms with van der Waals surface area (Å²) in [5.41, 5.74) is 0.299. The van der Waals surface area contributed by atoms with Crippen LogP contribution in [0.15, 0.2) is 17.1 Å². The quantitative estimate of drug-likeness (QED) is 0.327. The van der Waals surface area contributed by atoms with Crippen LogP contribution in [-0.4, -0.2) is 11.0 Å². The van der Waals surface area contributed by atoms with E-state index in [1.54, 1.807) is 0 Å². The number of hydrogen-bond acceptors (Lipinski definition) is 4. The molecule has 0 bridgehead atoms. The molecule has 0 radical (unpaired) electrons. The first kappa shape index (κ1) is 10.4. The van der Waals surface area contributed by atoms with Gasteiger partial charge in [0.15, 0.2) is 0 Å². The van der Waals surface area contributed by atoms with Gasteiger partial charge in [0.1, 0.15) is 0 Å². The molecule has 0 aliphatic rings. The van der Waals surface area contributed by atoms with Gasteiger partial charge in [-0.3, -0.25) is 10.1 Å². The standard InChI is InChI=1S/C8H5ClN2O3/c1-5-7(10-4-12)2-6(9)3-8(5)11(13)14/h2-3H,1H3. The molecule has 0 aliphatic heterocycles. The molecule has 6 heteroatoms. The highest BCUT2D eigenvalue weighted by atomic mass is 35.5. The van der Waals surface area contributed by atoms with Gasteiger partial charge in [0.05, 0.1) is 16.2 Å². The molecule has 72 valence electrons. The molecule has 0 aromatic heterocycles. The third-order valence-electron chi connectivity index (χ3n) is 1.68. The fourth-order valence-corrected chi connectivity index (χ4v) is 1.21. The minimum absolute atomic E-state index is 0.161. The van der Waals surface area contributed by atoms with Crippen molar-refractivity contribution in [2.75, 3.05) is 0 Å². The highest BCUT2D eigenvalue weighted by molar-refractivity contribution is 6.31. The van der Waals surface area contributed by atoms with Gasteiger partial charge >= 0.3 is 0 Å². The molecule has 0 aliphatic carbocycles. The van der Waals surface area contributed by atoms with Crippen LogP contribution in [0.2, 0.25) is 5.02 Å². The van der Waals surface area contributed by atoms with Crippen molar-refractivity contribution < 1.29 is 9.72 Å². The van der Waals surface area contributed by atoms with Gasteiger partial charge in [-0.1, -0.05) is 11.6 Å². The number of nitro benzene ring substituents is 1. The van der Waals surface area contributed by atoms with Gasteiger partial charge in [0, 0.05) is 11.1 Å². The van der Waals surface area contributed by atoms with Crippen molar-refractivity contribution in [3.63, 3.8) is 0 Å². The summed E-state index contributed by atoms with van der Waals surface area (Å²) in [6, 6.07) is 2.58. The van der Waals surface area contributed by atoms with Crippen LogP contribution in [0.4, 0.5) is 11.4 Å². The number of carbonyl (C=O) groups excluding carboxylic acids is 1. The lowest BCUT2D eigenvalue weighted by atomic mass is 10.1. The van der Waals surface area contributed by atoms with Crippen LogP contribution >= 0.6 is 11.6 Å². The highest BCUT2D eigenvalue weighted by Crippen LogP contribution is 2.31. The van der Waals surface area contributed by atoms with Crippen LogP contribution in [0.5, 0.6) is 0 Å². The Morgan fingerprint density at radius 1 is 1.57 bits per heavy atom. The Labute approximate surface area is 84.2 Å². The maximum absolute atomic E-state index is 10.5. The number of hydrogen-bond donors (Lipinski definition) is 0. The van der Waals surface area contributed by atoms with Crippen molar-refractivity contribution >= 4 is 29.1 Å². The Morgan fingerprint density at radius 3 is 2.71 bits per heavy atom. The van der Waals surface area contributed by atoms with Gasteiger partial charge in [0.25, 0.3) is 5.69 Å². The second-order valence-electron chi connectivity index (χ2n) is 2.53. The second-order valence-corrected chi connectivity index (χ2v) is 2.97. The molecule has 0 N–H and O–H groups in total. The van der Waals surface area contributed by atoms with Gasteiger partial charge in [0.2, 0.25) is 6.08 Å². The molecular weight excluding hydrogens is 208 g/mol. The Morgan fingerprint density at radius 2 is 2.21 bits per heavy atom. The Bertz CT molecular complexity index is 415. The van der Waals surface area contributed by atoms with Gasteiger partial charge in [-0.25, -0.2) is 4.79 Å². The molecule has 0 unspecified atom stereocenters. The molecule has 0 fully saturated rings. The Balaban J connectivity index is 3.46. The topological polar surface area (TPSA) is 72.6 Å². The number of nitrogens with zero attached hydrogens (tertiary/aromatic N) is 2. The predicted octanol–water partition coefficient (Wildman–Crippen LogP) is 2.52. The predicted molar refractivity (Wildman–Crippen MR) is 50.6 cm³/mol. The van der Waals surface area contributed by atoms with E-state index in [0.717, 1.165) is 0 Å². The molecule has 0 saturated carbocycles. The fraction of sp³-hybridized carbons (Fsp3) is 0.125. The van der Waals surface area contributed by atoms with E-state index in [1.165, 1.54) is 25.1 Å². The first-order chi connectivity index (χ1) is 6.56. The minimum atomic E-state index is -0.578. The summed E-state index contributed by atoms with van der Waals surface area (Å²) < 4.78 is 0. The summed E-state index contributed by atoms with van der Waals surface area (Å²) in [5, 5.41) is 10.7. The second kappa shape index (κ2) is 4.00. The molecule has 0 saturated heterocycles. The van der Waals surface area contributed by atoms with E-state index < -0.39 is 4.92 Å². The zero-order chi connectivity index (χ0) is 10.7. The number of aliphatic imine (C=N–C) groups is 1. The normalized spacial score (nSPS) is 9.29. The summed E-state index contributed by atoms with van der Waals surface area (Å²) in [7, 11) is 0. The number of nitro groups is 1. The highest BCUT2D eigenvalue weighted by Gasteiger charge is 2.15. The number of halogens is 1. The largest absolute Gasteiger partial charge is 0.275 e. The molecule has 14 heavy (non-hydrogen) atoms. The van der Waals surface area contributed by atoms with E-state index in [0.29, 0.717) is 5.56 Å². The van der Waals surface area contributed by atoms with Crippen LogP contribution in [-0.2, 0) is 4.79 Å². The molecule has 5 nitrogen and oxygen atoms in total. The lowest BCUT2D eigenvalue weighted by Crippen LogP contribution is -1.91. The lowest BCUT2D eigenvalue weighted by Gasteiger charge is -2.00. The number of isocyanates is 1. The summed E-state index contributed by atoms with van der Waals surface area (Å²) >= 11 is 5.61. The van der Waals surface area contributed by atoms with Crippen molar-refractivity contribution in [3.05, 3.63) is 32.8 Å². The smallest absolute Gasteiger partial charge is 0.258 e. The van der Waals surface area contributed by atoms with E-state index in [4.69, 9.17) is 11.6 Å². The molecule has 0 amide bonds. The van der Waals surface area contributed by atoms with Crippen molar-refractivity contribution in [2.45, 2.75) is 6.92 Å².